The van der Waals surface area contributed by atoms with E-state index in [2.05, 4.69) is 22.7 Å². The molecule has 3 heterocycles. The van der Waals surface area contributed by atoms with E-state index in [-0.39, 0.29) is 30.3 Å². The van der Waals surface area contributed by atoms with Crippen molar-refractivity contribution in [3.63, 3.8) is 0 Å². The maximum atomic E-state index is 13.1. The number of nitrogens with zero attached hydrogens (tertiary/aromatic N) is 3. The van der Waals surface area contributed by atoms with Crippen molar-refractivity contribution in [3.05, 3.63) is 18.5 Å². The Kier molecular flexibility index (Phi) is 5.06. The van der Waals surface area contributed by atoms with E-state index < -0.39 is 5.54 Å². The van der Waals surface area contributed by atoms with Crippen molar-refractivity contribution < 1.29 is 9.59 Å². The van der Waals surface area contributed by atoms with Gasteiger partial charge in [0.2, 0.25) is 11.8 Å². The van der Waals surface area contributed by atoms with Gasteiger partial charge in [-0.3, -0.25) is 14.3 Å². The van der Waals surface area contributed by atoms with E-state index in [1.807, 2.05) is 17.2 Å². The molecule has 2 N–H and O–H groups in total. The van der Waals surface area contributed by atoms with E-state index >= 15 is 0 Å². The van der Waals surface area contributed by atoms with Crippen LogP contribution in [0.5, 0.6) is 0 Å². The van der Waals surface area contributed by atoms with E-state index in [9.17, 15) is 9.59 Å². The van der Waals surface area contributed by atoms with Crippen molar-refractivity contribution in [1.29, 1.82) is 0 Å². The molecule has 25 heavy (non-hydrogen) atoms. The normalized spacial score (nSPS) is 30.7. The molecule has 0 bridgehead atoms. The number of carbonyl (C=O) groups is 2. The SMILES string of the molecule is CC1CC1N1CC(NC(=O)C2(n3cccn3)CCNCC2)CC1=O.Cl. The number of hydrogen-bond acceptors (Lipinski definition) is 4. The molecule has 1 aromatic heterocycles. The first-order valence-electron chi connectivity index (χ1n) is 8.91. The molecule has 3 fully saturated rings. The van der Waals surface area contributed by atoms with Crippen molar-refractivity contribution in [3.8, 4) is 0 Å². The minimum absolute atomic E-state index is 0. The standard InChI is InChI=1S/C17H25N5O2.ClH/c1-12-9-14(12)21-11-13(10-15(21)23)20-16(24)17(3-6-18-7-4-17)22-8-2-5-19-22;/h2,5,8,12-14,18H,3-4,6-7,9-11H2,1H3,(H,20,24);1H. The third kappa shape index (κ3) is 3.27. The first kappa shape index (κ1) is 18.2. The van der Waals surface area contributed by atoms with Gasteiger partial charge in [0.05, 0.1) is 6.04 Å². The Morgan fingerprint density at radius 1 is 1.40 bits per heavy atom. The monoisotopic (exact) mass is 367 g/mol. The van der Waals surface area contributed by atoms with E-state index in [0.29, 0.717) is 37.8 Å². The number of aromatic nitrogens is 2. The Bertz CT molecular complexity index is 629. The number of nitrogens with one attached hydrogen (secondary N) is 2. The van der Waals surface area contributed by atoms with Crippen LogP contribution in [0.15, 0.2) is 18.5 Å². The fourth-order valence-corrected chi connectivity index (χ4v) is 4.13. The second kappa shape index (κ2) is 6.96. The lowest BCUT2D eigenvalue weighted by atomic mass is 9.87. The summed E-state index contributed by atoms with van der Waals surface area (Å²) in [5.41, 5.74) is -0.641. The van der Waals surface area contributed by atoms with Crippen LogP contribution in [0.2, 0.25) is 0 Å². The number of amides is 2. The van der Waals surface area contributed by atoms with E-state index in [4.69, 9.17) is 0 Å². The van der Waals surface area contributed by atoms with Gasteiger partial charge in [0, 0.05) is 31.4 Å². The Morgan fingerprint density at radius 3 is 2.72 bits per heavy atom. The number of likely N-dealkylation sites (tertiary alicyclic amines) is 1. The molecule has 0 spiro atoms. The van der Waals surface area contributed by atoms with Gasteiger partial charge in [0.25, 0.3) is 0 Å². The van der Waals surface area contributed by atoms with Gasteiger partial charge >= 0.3 is 0 Å². The lowest BCUT2D eigenvalue weighted by Gasteiger charge is -2.37. The van der Waals surface area contributed by atoms with Gasteiger partial charge in [0.15, 0.2) is 0 Å². The summed E-state index contributed by atoms with van der Waals surface area (Å²) < 4.78 is 1.79. The van der Waals surface area contributed by atoms with Gasteiger partial charge in [-0.05, 0) is 44.3 Å². The van der Waals surface area contributed by atoms with Crippen LogP contribution in [0.1, 0.15) is 32.6 Å². The number of piperidine rings is 1. The van der Waals surface area contributed by atoms with Crippen LogP contribution in [0, 0.1) is 5.92 Å². The van der Waals surface area contributed by atoms with Crippen molar-refractivity contribution in [2.24, 2.45) is 5.92 Å². The maximum Gasteiger partial charge on any atom is 0.248 e. The average Bonchev–Trinajstić information content (AvgIpc) is 2.99. The molecule has 138 valence electrons. The molecule has 7 nitrogen and oxygen atoms in total. The van der Waals surface area contributed by atoms with Gasteiger partial charge in [-0.15, -0.1) is 12.4 Å². The van der Waals surface area contributed by atoms with Crippen LogP contribution in [0.4, 0.5) is 0 Å². The highest BCUT2D eigenvalue weighted by Gasteiger charge is 2.47. The van der Waals surface area contributed by atoms with Crippen LogP contribution >= 0.6 is 12.4 Å². The summed E-state index contributed by atoms with van der Waals surface area (Å²) in [4.78, 5) is 27.3. The second-order valence-electron chi connectivity index (χ2n) is 7.43. The highest BCUT2D eigenvalue weighted by atomic mass is 35.5. The van der Waals surface area contributed by atoms with Gasteiger partial charge in [-0.25, -0.2) is 0 Å². The zero-order valence-corrected chi connectivity index (χ0v) is 15.3. The first-order valence-corrected chi connectivity index (χ1v) is 8.91. The highest BCUT2D eigenvalue weighted by Crippen LogP contribution is 2.37. The van der Waals surface area contributed by atoms with Gasteiger partial charge in [-0.1, -0.05) is 6.92 Å². The minimum atomic E-state index is -0.641. The quantitative estimate of drug-likeness (QED) is 0.812. The molecule has 2 amide bonds. The summed E-state index contributed by atoms with van der Waals surface area (Å²) in [5, 5.41) is 10.8. The molecule has 4 rings (SSSR count). The molecule has 0 radical (unpaired) electrons. The molecule has 2 saturated heterocycles. The van der Waals surface area contributed by atoms with Crippen LogP contribution in [-0.2, 0) is 15.1 Å². The topological polar surface area (TPSA) is 79.3 Å². The Labute approximate surface area is 153 Å². The summed E-state index contributed by atoms with van der Waals surface area (Å²) in [5.74, 6) is 0.771. The summed E-state index contributed by atoms with van der Waals surface area (Å²) in [6.45, 7) is 4.41. The van der Waals surface area contributed by atoms with Crippen molar-refractivity contribution in [2.45, 2.75) is 50.2 Å². The molecule has 2 aliphatic heterocycles. The van der Waals surface area contributed by atoms with Crippen molar-refractivity contribution in [2.75, 3.05) is 19.6 Å². The number of rotatable bonds is 4. The van der Waals surface area contributed by atoms with Gasteiger partial charge < -0.3 is 15.5 Å². The predicted molar refractivity (Wildman–Crippen MR) is 95.4 cm³/mol. The van der Waals surface area contributed by atoms with Crippen LogP contribution in [0.25, 0.3) is 0 Å². The molecule has 0 aromatic carbocycles. The highest BCUT2D eigenvalue weighted by molar-refractivity contribution is 5.87. The fourth-order valence-electron chi connectivity index (χ4n) is 4.13. The van der Waals surface area contributed by atoms with Crippen LogP contribution < -0.4 is 10.6 Å². The summed E-state index contributed by atoms with van der Waals surface area (Å²) >= 11 is 0. The largest absolute Gasteiger partial charge is 0.349 e. The number of carbonyl (C=O) groups excluding carboxylic acids is 2. The molecule has 1 aliphatic carbocycles. The summed E-state index contributed by atoms with van der Waals surface area (Å²) in [6, 6.07) is 2.16. The fraction of sp³-hybridized carbons (Fsp3) is 0.706. The third-order valence-corrected chi connectivity index (χ3v) is 5.76. The maximum absolute atomic E-state index is 13.1. The molecule has 3 aliphatic rings. The Hall–Kier alpha value is -1.60. The van der Waals surface area contributed by atoms with Crippen molar-refractivity contribution in [1.82, 2.24) is 25.3 Å². The summed E-state index contributed by atoms with van der Waals surface area (Å²) in [6.07, 6.45) is 6.52. The lowest BCUT2D eigenvalue weighted by Crippen LogP contribution is -2.56. The Balaban J connectivity index is 0.00000182. The third-order valence-electron chi connectivity index (χ3n) is 5.76. The molecular weight excluding hydrogens is 342 g/mol. The zero-order valence-electron chi connectivity index (χ0n) is 14.5. The molecule has 1 saturated carbocycles. The lowest BCUT2D eigenvalue weighted by molar-refractivity contribution is -0.132. The second-order valence-corrected chi connectivity index (χ2v) is 7.43. The molecular formula is C17H26ClN5O2. The Morgan fingerprint density at radius 2 is 2.12 bits per heavy atom. The molecule has 3 atom stereocenters. The minimum Gasteiger partial charge on any atom is -0.349 e. The van der Waals surface area contributed by atoms with Crippen LogP contribution in [0.3, 0.4) is 0 Å². The number of halogens is 1. The van der Waals surface area contributed by atoms with Crippen molar-refractivity contribution >= 4 is 24.2 Å². The molecule has 1 aromatic rings. The molecule has 3 unspecified atom stereocenters. The molecule has 8 heteroatoms. The number of hydrogen-bond donors (Lipinski definition) is 2. The zero-order chi connectivity index (χ0) is 16.7. The van der Waals surface area contributed by atoms with E-state index in [1.54, 1.807) is 10.9 Å². The average molecular weight is 368 g/mol. The van der Waals surface area contributed by atoms with Gasteiger partial charge in [-0.2, -0.15) is 5.10 Å². The first-order chi connectivity index (χ1) is 11.6. The van der Waals surface area contributed by atoms with Gasteiger partial charge in [0.1, 0.15) is 5.54 Å². The predicted octanol–water partition coefficient (Wildman–Crippen LogP) is 0.509. The van der Waals surface area contributed by atoms with E-state index in [0.717, 1.165) is 19.5 Å². The smallest absolute Gasteiger partial charge is 0.248 e. The summed E-state index contributed by atoms with van der Waals surface area (Å²) in [7, 11) is 0. The van der Waals surface area contributed by atoms with E-state index in [1.165, 1.54) is 0 Å². The van der Waals surface area contributed by atoms with Crippen LogP contribution in [-0.4, -0.2) is 58.2 Å².